The summed E-state index contributed by atoms with van der Waals surface area (Å²) >= 11 is 0. The summed E-state index contributed by atoms with van der Waals surface area (Å²) in [6.07, 6.45) is 1.27. The average molecular weight is 255 g/mol. The highest BCUT2D eigenvalue weighted by molar-refractivity contribution is 5.68. The van der Waals surface area contributed by atoms with Crippen LogP contribution in [0.25, 0.3) is 0 Å². The lowest BCUT2D eigenvalue weighted by molar-refractivity contribution is 0.0148. The van der Waals surface area contributed by atoms with E-state index in [-0.39, 0.29) is 6.09 Å². The normalized spacial score (nSPS) is 17.2. The number of carbonyl (C=O) groups is 1. The Bertz CT molecular complexity index is 324. The van der Waals surface area contributed by atoms with Crippen LogP contribution in [0.1, 0.15) is 20.8 Å². The molecule has 1 aliphatic heterocycles. The van der Waals surface area contributed by atoms with Crippen LogP contribution in [0, 0.1) is 0 Å². The van der Waals surface area contributed by atoms with Gasteiger partial charge < -0.3 is 9.64 Å². The zero-order valence-electron chi connectivity index (χ0n) is 11.3. The molecule has 0 bridgehead atoms. The van der Waals surface area contributed by atoms with Crippen molar-refractivity contribution >= 4 is 12.2 Å². The molecule has 0 N–H and O–H groups in total. The first kappa shape index (κ1) is 14.7. The second kappa shape index (κ2) is 6.52. The Labute approximate surface area is 108 Å². The van der Waals surface area contributed by atoms with Gasteiger partial charge >= 0.3 is 6.09 Å². The third kappa shape index (κ3) is 5.29. The lowest BCUT2D eigenvalue weighted by Gasteiger charge is -2.35. The first-order valence-electron chi connectivity index (χ1n) is 6.16. The summed E-state index contributed by atoms with van der Waals surface area (Å²) in [5, 5.41) is 0. The van der Waals surface area contributed by atoms with Gasteiger partial charge in [0.25, 0.3) is 0 Å². The van der Waals surface area contributed by atoms with E-state index >= 15 is 0 Å². The molecule has 0 saturated carbocycles. The molecule has 1 saturated heterocycles. The molecule has 0 aromatic heterocycles. The van der Waals surface area contributed by atoms with E-state index in [2.05, 4.69) is 9.89 Å². The lowest BCUT2D eigenvalue weighted by Crippen LogP contribution is -2.50. The molecule has 0 radical (unpaired) electrons. The molecule has 18 heavy (non-hydrogen) atoms. The second-order valence-electron chi connectivity index (χ2n) is 5.28. The smallest absolute Gasteiger partial charge is 0.410 e. The van der Waals surface area contributed by atoms with Crippen LogP contribution < -0.4 is 0 Å². The number of carbonyl (C=O) groups excluding carboxylic acids is 2. The van der Waals surface area contributed by atoms with Gasteiger partial charge in [0, 0.05) is 32.7 Å². The van der Waals surface area contributed by atoms with Crippen LogP contribution in [0.4, 0.5) is 4.79 Å². The van der Waals surface area contributed by atoms with Gasteiger partial charge in [-0.3, -0.25) is 4.90 Å². The average Bonchev–Trinajstić information content (AvgIpc) is 2.28. The molecular formula is C12H21N3O3. The number of hydrogen-bond acceptors (Lipinski definition) is 5. The Morgan fingerprint density at radius 2 is 1.89 bits per heavy atom. The summed E-state index contributed by atoms with van der Waals surface area (Å²) in [6.45, 7) is 9.66. The third-order valence-electron chi connectivity index (χ3n) is 2.62. The molecule has 0 aliphatic carbocycles. The van der Waals surface area contributed by atoms with E-state index in [1.165, 1.54) is 6.08 Å². The topological polar surface area (TPSA) is 62.2 Å². The summed E-state index contributed by atoms with van der Waals surface area (Å²) < 4.78 is 5.31. The minimum Gasteiger partial charge on any atom is -0.444 e. The van der Waals surface area contributed by atoms with Crippen molar-refractivity contribution in [2.45, 2.75) is 26.4 Å². The minimum atomic E-state index is -0.451. The molecule has 102 valence electrons. The van der Waals surface area contributed by atoms with Crippen molar-refractivity contribution in [2.24, 2.45) is 4.99 Å². The van der Waals surface area contributed by atoms with Gasteiger partial charge in [-0.05, 0) is 20.8 Å². The highest BCUT2D eigenvalue weighted by Crippen LogP contribution is 2.11. The van der Waals surface area contributed by atoms with Gasteiger partial charge in [0.2, 0.25) is 6.08 Å². The summed E-state index contributed by atoms with van der Waals surface area (Å²) in [7, 11) is 0. The fourth-order valence-corrected chi connectivity index (χ4v) is 1.72. The van der Waals surface area contributed by atoms with Crippen LogP contribution in [-0.2, 0) is 9.53 Å². The number of hydrogen-bond donors (Lipinski definition) is 0. The standard InChI is InChI=1S/C12H21N3O3/c1-12(2,3)18-11(17)15-8-6-14(7-9-15)5-4-13-10-16/h4-9H2,1-3H3. The van der Waals surface area contributed by atoms with Crippen LogP contribution in [0.3, 0.4) is 0 Å². The number of aliphatic imine (C=N–C) groups is 1. The molecule has 0 aromatic rings. The summed E-state index contributed by atoms with van der Waals surface area (Å²) in [4.78, 5) is 29.1. The van der Waals surface area contributed by atoms with Gasteiger partial charge in [0.15, 0.2) is 0 Å². The molecule has 0 atom stereocenters. The predicted molar refractivity (Wildman–Crippen MR) is 67.2 cm³/mol. The number of isocyanates is 1. The van der Waals surface area contributed by atoms with Crippen molar-refractivity contribution in [2.75, 3.05) is 39.3 Å². The first-order valence-corrected chi connectivity index (χ1v) is 6.16. The van der Waals surface area contributed by atoms with Crippen molar-refractivity contribution in [1.29, 1.82) is 0 Å². The van der Waals surface area contributed by atoms with E-state index in [0.29, 0.717) is 19.6 Å². The summed E-state index contributed by atoms with van der Waals surface area (Å²) in [5.41, 5.74) is -0.451. The molecule has 1 rings (SSSR count). The van der Waals surface area contributed by atoms with E-state index in [0.717, 1.165) is 19.6 Å². The molecular weight excluding hydrogens is 234 g/mol. The van der Waals surface area contributed by atoms with Crippen molar-refractivity contribution in [3.05, 3.63) is 0 Å². The Kier molecular flexibility index (Phi) is 5.31. The van der Waals surface area contributed by atoms with Gasteiger partial charge in [-0.25, -0.2) is 14.6 Å². The summed E-state index contributed by atoms with van der Waals surface area (Å²) in [6, 6.07) is 0. The molecule has 1 aliphatic rings. The largest absolute Gasteiger partial charge is 0.444 e. The molecule has 6 heteroatoms. The van der Waals surface area contributed by atoms with E-state index in [1.807, 2.05) is 20.8 Å². The Morgan fingerprint density at radius 3 is 2.39 bits per heavy atom. The van der Waals surface area contributed by atoms with E-state index in [4.69, 9.17) is 4.74 Å². The molecule has 1 heterocycles. The van der Waals surface area contributed by atoms with Crippen molar-refractivity contribution in [3.63, 3.8) is 0 Å². The monoisotopic (exact) mass is 255 g/mol. The van der Waals surface area contributed by atoms with Crippen LogP contribution in [0.15, 0.2) is 4.99 Å². The number of nitrogens with zero attached hydrogens (tertiary/aromatic N) is 3. The lowest BCUT2D eigenvalue weighted by atomic mass is 10.2. The number of piperazine rings is 1. The first-order chi connectivity index (χ1) is 8.42. The molecule has 0 unspecified atom stereocenters. The van der Waals surface area contributed by atoms with E-state index in [9.17, 15) is 9.59 Å². The van der Waals surface area contributed by atoms with Crippen molar-refractivity contribution in [3.8, 4) is 0 Å². The molecule has 1 amide bonds. The van der Waals surface area contributed by atoms with Gasteiger partial charge in [-0.2, -0.15) is 0 Å². The van der Waals surface area contributed by atoms with Crippen LogP contribution in [0.5, 0.6) is 0 Å². The Balaban J connectivity index is 2.30. The van der Waals surface area contributed by atoms with Gasteiger partial charge in [-0.1, -0.05) is 0 Å². The van der Waals surface area contributed by atoms with Crippen LogP contribution >= 0.6 is 0 Å². The minimum absolute atomic E-state index is 0.256. The van der Waals surface area contributed by atoms with Crippen molar-refractivity contribution in [1.82, 2.24) is 9.80 Å². The predicted octanol–water partition coefficient (Wildman–Crippen LogP) is 0.875. The fraction of sp³-hybridized carbons (Fsp3) is 0.833. The zero-order chi connectivity index (χ0) is 13.6. The molecule has 1 fully saturated rings. The van der Waals surface area contributed by atoms with E-state index in [1.54, 1.807) is 4.90 Å². The van der Waals surface area contributed by atoms with Gasteiger partial charge in [-0.15, -0.1) is 0 Å². The third-order valence-corrected chi connectivity index (χ3v) is 2.62. The molecule has 0 spiro atoms. The van der Waals surface area contributed by atoms with Gasteiger partial charge in [0.05, 0.1) is 6.54 Å². The maximum atomic E-state index is 11.8. The zero-order valence-corrected chi connectivity index (χ0v) is 11.3. The van der Waals surface area contributed by atoms with E-state index < -0.39 is 5.60 Å². The van der Waals surface area contributed by atoms with Crippen LogP contribution in [-0.4, -0.2) is 66.8 Å². The Hall–Kier alpha value is -1.39. The number of rotatable bonds is 3. The Morgan fingerprint density at radius 1 is 1.28 bits per heavy atom. The maximum absolute atomic E-state index is 11.8. The summed E-state index contributed by atoms with van der Waals surface area (Å²) in [5.74, 6) is 0. The highest BCUT2D eigenvalue weighted by Gasteiger charge is 2.25. The second-order valence-corrected chi connectivity index (χ2v) is 5.28. The number of amides is 1. The highest BCUT2D eigenvalue weighted by atomic mass is 16.6. The van der Waals surface area contributed by atoms with Gasteiger partial charge in [0.1, 0.15) is 5.60 Å². The van der Waals surface area contributed by atoms with Crippen molar-refractivity contribution < 1.29 is 14.3 Å². The number of ether oxygens (including phenoxy) is 1. The molecule has 6 nitrogen and oxygen atoms in total. The van der Waals surface area contributed by atoms with Crippen LogP contribution in [0.2, 0.25) is 0 Å². The fourth-order valence-electron chi connectivity index (χ4n) is 1.72. The molecule has 0 aromatic carbocycles. The maximum Gasteiger partial charge on any atom is 0.410 e. The SMILES string of the molecule is CC(C)(C)OC(=O)N1CCN(CCN=C=O)CC1. The quantitative estimate of drug-likeness (QED) is 0.554.